The van der Waals surface area contributed by atoms with Crippen molar-refractivity contribution in [3.8, 4) is 5.75 Å². The van der Waals surface area contributed by atoms with Crippen LogP contribution in [0.2, 0.25) is 0 Å². The first-order valence-corrected chi connectivity index (χ1v) is 11.7. The summed E-state index contributed by atoms with van der Waals surface area (Å²) >= 11 is 1.43. The summed E-state index contributed by atoms with van der Waals surface area (Å²) in [7, 11) is -2.06. The number of hydrogen-bond donors (Lipinski definition) is 0. The summed E-state index contributed by atoms with van der Waals surface area (Å²) in [5.41, 5.74) is 0.622. The number of piperazine rings is 1. The van der Waals surface area contributed by atoms with E-state index in [-0.39, 0.29) is 29.3 Å². The van der Waals surface area contributed by atoms with Crippen LogP contribution < -0.4 is 4.74 Å². The number of rotatable bonds is 4. The Morgan fingerprint density at radius 1 is 1.10 bits per heavy atom. The molecule has 0 radical (unpaired) electrons. The predicted molar refractivity (Wildman–Crippen MR) is 113 cm³/mol. The molecule has 3 rings (SSSR count). The van der Waals surface area contributed by atoms with Gasteiger partial charge in [0.2, 0.25) is 10.0 Å². The second-order valence-electron chi connectivity index (χ2n) is 8.06. The number of thiazole rings is 1. The summed E-state index contributed by atoms with van der Waals surface area (Å²) in [6, 6.07) is 6.35. The molecule has 0 atom stereocenters. The SMILES string of the molecule is COc1ccc(S(=O)(=O)N2CCN(C(=O)c3sc(C(C)(C)C)nc3C)CC2)cc1. The summed E-state index contributed by atoms with van der Waals surface area (Å²) < 4.78 is 32.3. The lowest BCUT2D eigenvalue weighted by molar-refractivity contribution is 0.0702. The number of aryl methyl sites for hydroxylation is 1. The number of nitrogens with zero attached hydrogens (tertiary/aromatic N) is 3. The summed E-state index contributed by atoms with van der Waals surface area (Å²) in [5, 5.41) is 0.930. The highest BCUT2D eigenvalue weighted by Crippen LogP contribution is 2.30. The van der Waals surface area contributed by atoms with Gasteiger partial charge >= 0.3 is 0 Å². The molecule has 2 heterocycles. The molecule has 1 aromatic carbocycles. The molecule has 1 fully saturated rings. The van der Waals surface area contributed by atoms with Crippen molar-refractivity contribution in [1.29, 1.82) is 0 Å². The van der Waals surface area contributed by atoms with Gasteiger partial charge in [0.1, 0.15) is 10.6 Å². The quantitative estimate of drug-likeness (QED) is 0.735. The zero-order valence-corrected chi connectivity index (χ0v) is 19.1. The Morgan fingerprint density at radius 3 is 2.17 bits per heavy atom. The van der Waals surface area contributed by atoms with Crippen LogP contribution in [0.5, 0.6) is 5.75 Å². The van der Waals surface area contributed by atoms with E-state index in [0.717, 1.165) is 10.7 Å². The normalized spacial score (nSPS) is 16.1. The lowest BCUT2D eigenvalue weighted by Crippen LogP contribution is -2.50. The van der Waals surface area contributed by atoms with Gasteiger partial charge in [-0.25, -0.2) is 13.4 Å². The van der Waals surface area contributed by atoms with Gasteiger partial charge < -0.3 is 9.64 Å². The Labute approximate surface area is 176 Å². The third kappa shape index (κ3) is 4.46. The number of carbonyl (C=O) groups is 1. The van der Waals surface area contributed by atoms with Crippen molar-refractivity contribution in [2.75, 3.05) is 33.3 Å². The van der Waals surface area contributed by atoms with Crippen LogP contribution in [0.4, 0.5) is 0 Å². The van der Waals surface area contributed by atoms with E-state index in [1.165, 1.54) is 22.8 Å². The van der Waals surface area contributed by atoms with Crippen LogP contribution in [0, 0.1) is 6.92 Å². The first kappa shape index (κ1) is 21.7. The molecule has 0 N–H and O–H groups in total. The molecule has 9 heteroatoms. The van der Waals surface area contributed by atoms with E-state index in [0.29, 0.717) is 23.7 Å². The fourth-order valence-corrected chi connectivity index (χ4v) is 5.60. The van der Waals surface area contributed by atoms with Crippen molar-refractivity contribution >= 4 is 27.3 Å². The average Bonchev–Trinajstić information content (AvgIpc) is 3.09. The van der Waals surface area contributed by atoms with Gasteiger partial charge in [-0.05, 0) is 31.2 Å². The molecular weight excluding hydrogens is 410 g/mol. The van der Waals surface area contributed by atoms with Gasteiger partial charge in [-0.2, -0.15) is 4.31 Å². The summed E-state index contributed by atoms with van der Waals surface area (Å²) in [4.78, 5) is 20.1. The van der Waals surface area contributed by atoms with Gasteiger partial charge in [0.05, 0.1) is 22.7 Å². The van der Waals surface area contributed by atoms with Crippen molar-refractivity contribution < 1.29 is 17.9 Å². The van der Waals surface area contributed by atoms with Crippen LogP contribution in [-0.4, -0.2) is 61.8 Å². The van der Waals surface area contributed by atoms with E-state index in [1.807, 2.05) is 6.92 Å². The minimum Gasteiger partial charge on any atom is -0.497 e. The fraction of sp³-hybridized carbons (Fsp3) is 0.500. The second-order valence-corrected chi connectivity index (χ2v) is 11.0. The molecule has 7 nitrogen and oxygen atoms in total. The second kappa shape index (κ2) is 8.04. The van der Waals surface area contributed by atoms with E-state index in [2.05, 4.69) is 25.8 Å². The van der Waals surface area contributed by atoms with Gasteiger partial charge in [-0.1, -0.05) is 20.8 Å². The number of ether oxygens (including phenoxy) is 1. The molecule has 1 amide bonds. The zero-order chi connectivity index (χ0) is 21.4. The smallest absolute Gasteiger partial charge is 0.265 e. The zero-order valence-electron chi connectivity index (χ0n) is 17.4. The average molecular weight is 438 g/mol. The van der Waals surface area contributed by atoms with E-state index in [1.54, 1.807) is 29.2 Å². The third-order valence-electron chi connectivity index (χ3n) is 4.86. The largest absolute Gasteiger partial charge is 0.497 e. The van der Waals surface area contributed by atoms with Crippen LogP contribution in [-0.2, 0) is 15.4 Å². The van der Waals surface area contributed by atoms with Crippen LogP contribution >= 0.6 is 11.3 Å². The maximum atomic E-state index is 13.0. The van der Waals surface area contributed by atoms with Crippen molar-refractivity contribution in [3.63, 3.8) is 0 Å². The lowest BCUT2D eigenvalue weighted by atomic mass is 9.98. The Morgan fingerprint density at radius 2 is 1.69 bits per heavy atom. The number of carbonyl (C=O) groups excluding carboxylic acids is 1. The maximum absolute atomic E-state index is 13.0. The van der Waals surface area contributed by atoms with Crippen LogP contribution in [0.3, 0.4) is 0 Å². The predicted octanol–water partition coefficient (Wildman–Crippen LogP) is 2.90. The van der Waals surface area contributed by atoms with Crippen molar-refractivity contribution in [1.82, 2.24) is 14.2 Å². The van der Waals surface area contributed by atoms with E-state index >= 15 is 0 Å². The molecule has 1 aliphatic rings. The van der Waals surface area contributed by atoms with Crippen LogP contribution in [0.25, 0.3) is 0 Å². The highest BCUT2D eigenvalue weighted by molar-refractivity contribution is 7.89. The van der Waals surface area contributed by atoms with E-state index in [9.17, 15) is 13.2 Å². The van der Waals surface area contributed by atoms with E-state index < -0.39 is 10.0 Å². The topological polar surface area (TPSA) is 79.8 Å². The molecule has 0 spiro atoms. The van der Waals surface area contributed by atoms with Gasteiger partial charge in [-0.15, -0.1) is 11.3 Å². The lowest BCUT2D eigenvalue weighted by Gasteiger charge is -2.33. The Kier molecular flexibility index (Phi) is 6.03. The number of aromatic nitrogens is 1. The maximum Gasteiger partial charge on any atom is 0.265 e. The number of sulfonamides is 1. The molecular formula is C20H27N3O4S2. The molecule has 1 aliphatic heterocycles. The Hall–Kier alpha value is -1.97. The first-order chi connectivity index (χ1) is 13.5. The van der Waals surface area contributed by atoms with Gasteiger partial charge in [-0.3, -0.25) is 4.79 Å². The highest BCUT2D eigenvalue weighted by atomic mass is 32.2. The Balaban J connectivity index is 1.70. The summed E-state index contributed by atoms with van der Waals surface area (Å²) in [5.74, 6) is 0.533. The molecule has 0 unspecified atom stereocenters. The van der Waals surface area contributed by atoms with Gasteiger partial charge in [0.15, 0.2) is 0 Å². The van der Waals surface area contributed by atoms with Crippen molar-refractivity contribution in [2.45, 2.75) is 38.0 Å². The molecule has 0 saturated carbocycles. The minimum atomic E-state index is -3.59. The molecule has 0 aliphatic carbocycles. The summed E-state index contributed by atoms with van der Waals surface area (Å²) in [6.45, 7) is 9.32. The molecule has 1 aromatic heterocycles. The van der Waals surface area contributed by atoms with Crippen molar-refractivity contribution in [3.05, 3.63) is 39.8 Å². The highest BCUT2D eigenvalue weighted by Gasteiger charge is 2.32. The monoisotopic (exact) mass is 437 g/mol. The number of hydrogen-bond acceptors (Lipinski definition) is 6. The van der Waals surface area contributed by atoms with Crippen molar-refractivity contribution in [2.24, 2.45) is 0 Å². The minimum absolute atomic E-state index is 0.0722. The molecule has 2 aromatic rings. The summed E-state index contributed by atoms with van der Waals surface area (Å²) in [6.07, 6.45) is 0. The molecule has 29 heavy (non-hydrogen) atoms. The molecule has 158 valence electrons. The molecule has 0 bridgehead atoms. The standard InChI is InChI=1S/C20H27N3O4S2/c1-14-17(28-19(21-14)20(2,3)4)18(24)22-10-12-23(13-11-22)29(25,26)16-8-6-15(27-5)7-9-16/h6-9H,10-13H2,1-5H3. The number of methoxy groups -OCH3 is 1. The van der Waals surface area contributed by atoms with Gasteiger partial charge in [0, 0.05) is 31.6 Å². The third-order valence-corrected chi connectivity index (χ3v) is 8.34. The number of amides is 1. The Bertz CT molecular complexity index is 984. The fourth-order valence-electron chi connectivity index (χ4n) is 3.09. The van der Waals surface area contributed by atoms with Crippen LogP contribution in [0.1, 0.15) is 41.1 Å². The van der Waals surface area contributed by atoms with Gasteiger partial charge in [0.25, 0.3) is 5.91 Å². The van der Waals surface area contributed by atoms with E-state index in [4.69, 9.17) is 4.74 Å². The number of benzene rings is 1. The van der Waals surface area contributed by atoms with Crippen LogP contribution in [0.15, 0.2) is 29.2 Å². The molecule has 1 saturated heterocycles. The first-order valence-electron chi connectivity index (χ1n) is 9.45.